The van der Waals surface area contributed by atoms with Crippen molar-refractivity contribution >= 4 is 34.1 Å². The third-order valence-corrected chi connectivity index (χ3v) is 4.98. The molecule has 1 aromatic heterocycles. The SMILES string of the molecule is CON=C1C[C@@H](C(=O)Nc2ccc3ncccc3c2)N(C(=O)COc2ccccc2)C1. The molecule has 0 aliphatic carbocycles. The van der Waals surface area contributed by atoms with Crippen LogP contribution < -0.4 is 10.1 Å². The molecule has 8 heteroatoms. The van der Waals surface area contributed by atoms with Gasteiger partial charge in [-0.05, 0) is 36.4 Å². The average Bonchev–Trinajstić information content (AvgIpc) is 3.22. The maximum Gasteiger partial charge on any atom is 0.261 e. The molecule has 1 atom stereocenters. The topological polar surface area (TPSA) is 93.1 Å². The van der Waals surface area contributed by atoms with Crippen LogP contribution in [0.2, 0.25) is 0 Å². The molecule has 31 heavy (non-hydrogen) atoms. The van der Waals surface area contributed by atoms with Crippen molar-refractivity contribution in [2.75, 3.05) is 25.6 Å². The van der Waals surface area contributed by atoms with Gasteiger partial charge in [-0.25, -0.2) is 0 Å². The van der Waals surface area contributed by atoms with E-state index in [1.807, 2.05) is 42.5 Å². The fraction of sp³-hybridized carbons (Fsp3) is 0.217. The molecule has 1 saturated heterocycles. The van der Waals surface area contributed by atoms with Gasteiger partial charge in [0.15, 0.2) is 6.61 Å². The van der Waals surface area contributed by atoms with E-state index < -0.39 is 6.04 Å². The Morgan fingerprint density at radius 1 is 1.16 bits per heavy atom. The van der Waals surface area contributed by atoms with Crippen LogP contribution in [0.5, 0.6) is 5.75 Å². The summed E-state index contributed by atoms with van der Waals surface area (Å²) in [6.07, 6.45) is 2.02. The second-order valence-electron chi connectivity index (χ2n) is 7.08. The van der Waals surface area contributed by atoms with E-state index in [-0.39, 0.29) is 25.0 Å². The van der Waals surface area contributed by atoms with Gasteiger partial charge in [-0.1, -0.05) is 29.4 Å². The van der Waals surface area contributed by atoms with E-state index in [2.05, 4.69) is 15.5 Å². The number of para-hydroxylation sites is 1. The van der Waals surface area contributed by atoms with E-state index in [0.29, 0.717) is 23.6 Å². The molecule has 1 N–H and O–H groups in total. The smallest absolute Gasteiger partial charge is 0.261 e. The van der Waals surface area contributed by atoms with E-state index in [1.165, 1.54) is 12.0 Å². The van der Waals surface area contributed by atoms with E-state index >= 15 is 0 Å². The molecule has 0 saturated carbocycles. The second kappa shape index (κ2) is 9.25. The summed E-state index contributed by atoms with van der Waals surface area (Å²) in [4.78, 5) is 36.5. The first-order chi connectivity index (χ1) is 15.1. The predicted molar refractivity (Wildman–Crippen MR) is 117 cm³/mol. The molecule has 0 spiro atoms. The normalized spacial score (nSPS) is 17.0. The first-order valence-corrected chi connectivity index (χ1v) is 9.86. The minimum absolute atomic E-state index is 0.171. The van der Waals surface area contributed by atoms with Gasteiger partial charge >= 0.3 is 0 Å². The maximum absolute atomic E-state index is 13.0. The lowest BCUT2D eigenvalue weighted by molar-refractivity contribution is -0.138. The Morgan fingerprint density at radius 2 is 2.00 bits per heavy atom. The Balaban J connectivity index is 1.48. The molecule has 1 fully saturated rings. The van der Waals surface area contributed by atoms with Gasteiger partial charge in [-0.15, -0.1) is 0 Å². The Kier molecular flexibility index (Phi) is 6.07. The number of fused-ring (bicyclic) bond motifs is 1. The number of likely N-dealkylation sites (tertiary alicyclic amines) is 1. The molecule has 158 valence electrons. The molecule has 1 aliphatic rings. The lowest BCUT2D eigenvalue weighted by Gasteiger charge is -2.23. The summed E-state index contributed by atoms with van der Waals surface area (Å²) in [7, 11) is 1.44. The number of amides is 2. The maximum atomic E-state index is 13.0. The molecule has 4 rings (SSSR count). The fourth-order valence-corrected chi connectivity index (χ4v) is 3.52. The van der Waals surface area contributed by atoms with Crippen LogP contribution in [0.4, 0.5) is 5.69 Å². The van der Waals surface area contributed by atoms with Crippen LogP contribution in [-0.4, -0.2) is 53.7 Å². The number of rotatable bonds is 6. The number of oxime groups is 1. The van der Waals surface area contributed by atoms with E-state index in [0.717, 1.165) is 10.9 Å². The Bertz CT molecular complexity index is 1120. The van der Waals surface area contributed by atoms with E-state index in [9.17, 15) is 9.59 Å². The third kappa shape index (κ3) is 4.80. The molecule has 0 bridgehead atoms. The van der Waals surface area contributed by atoms with Gasteiger partial charge in [-0.2, -0.15) is 0 Å². The van der Waals surface area contributed by atoms with Gasteiger partial charge in [0.05, 0.1) is 17.8 Å². The van der Waals surface area contributed by atoms with Crippen molar-refractivity contribution in [3.05, 3.63) is 66.9 Å². The third-order valence-electron chi connectivity index (χ3n) is 4.98. The predicted octanol–water partition coefficient (Wildman–Crippen LogP) is 2.86. The van der Waals surface area contributed by atoms with Crippen molar-refractivity contribution < 1.29 is 19.2 Å². The molecule has 2 amide bonds. The lowest BCUT2D eigenvalue weighted by Crippen LogP contribution is -2.45. The van der Waals surface area contributed by atoms with Crippen LogP contribution in [0.3, 0.4) is 0 Å². The van der Waals surface area contributed by atoms with Gasteiger partial charge in [-0.3, -0.25) is 14.6 Å². The minimum atomic E-state index is -0.703. The molecule has 1 aliphatic heterocycles. The average molecular weight is 418 g/mol. The van der Waals surface area contributed by atoms with Crippen LogP contribution in [-0.2, 0) is 14.4 Å². The van der Waals surface area contributed by atoms with Crippen LogP contribution in [0.1, 0.15) is 6.42 Å². The Hall–Kier alpha value is -3.94. The van der Waals surface area contributed by atoms with Crippen LogP contribution in [0, 0.1) is 0 Å². The van der Waals surface area contributed by atoms with Crippen molar-refractivity contribution in [1.82, 2.24) is 9.88 Å². The van der Waals surface area contributed by atoms with E-state index in [1.54, 1.807) is 24.4 Å². The largest absolute Gasteiger partial charge is 0.484 e. The van der Waals surface area contributed by atoms with Crippen LogP contribution >= 0.6 is 0 Å². The zero-order chi connectivity index (χ0) is 21.6. The van der Waals surface area contributed by atoms with Crippen LogP contribution in [0.15, 0.2) is 72.0 Å². The van der Waals surface area contributed by atoms with Crippen molar-refractivity contribution in [2.45, 2.75) is 12.5 Å². The molecule has 0 radical (unpaired) electrons. The highest BCUT2D eigenvalue weighted by Crippen LogP contribution is 2.21. The summed E-state index contributed by atoms with van der Waals surface area (Å²) in [6.45, 7) is 0.0419. The number of aromatic nitrogens is 1. The fourth-order valence-electron chi connectivity index (χ4n) is 3.52. The van der Waals surface area contributed by atoms with Crippen LogP contribution in [0.25, 0.3) is 10.9 Å². The highest BCUT2D eigenvalue weighted by Gasteiger charge is 2.38. The summed E-state index contributed by atoms with van der Waals surface area (Å²) < 4.78 is 5.57. The molecule has 0 unspecified atom stereocenters. The molecule has 2 heterocycles. The lowest BCUT2D eigenvalue weighted by atomic mass is 10.1. The highest BCUT2D eigenvalue weighted by molar-refractivity contribution is 6.05. The second-order valence-corrected chi connectivity index (χ2v) is 7.08. The molecule has 3 aromatic rings. The molecular formula is C23H22N4O4. The number of nitrogens with one attached hydrogen (secondary N) is 1. The van der Waals surface area contributed by atoms with Crippen molar-refractivity contribution in [1.29, 1.82) is 0 Å². The number of hydrogen-bond donors (Lipinski definition) is 1. The number of ether oxygens (including phenoxy) is 1. The van der Waals surface area contributed by atoms with Gasteiger partial charge in [0, 0.05) is 23.7 Å². The zero-order valence-corrected chi connectivity index (χ0v) is 17.0. The zero-order valence-electron chi connectivity index (χ0n) is 17.0. The minimum Gasteiger partial charge on any atom is -0.484 e. The standard InChI is InChI=1S/C23H22N4O4/c1-30-26-18-13-21(27(14-18)22(28)15-31-19-7-3-2-4-8-19)23(29)25-17-9-10-20-16(12-17)6-5-11-24-20/h2-12,21H,13-15H2,1H3,(H,25,29)/t21-/m0/s1. The number of pyridine rings is 1. The summed E-state index contributed by atoms with van der Waals surface area (Å²) >= 11 is 0. The van der Waals surface area contributed by atoms with Gasteiger partial charge in [0.25, 0.3) is 5.91 Å². The van der Waals surface area contributed by atoms with Gasteiger partial charge in [0.1, 0.15) is 18.9 Å². The number of hydrogen-bond acceptors (Lipinski definition) is 6. The van der Waals surface area contributed by atoms with Crippen molar-refractivity contribution in [3.63, 3.8) is 0 Å². The Morgan fingerprint density at radius 3 is 2.81 bits per heavy atom. The highest BCUT2D eigenvalue weighted by atomic mass is 16.6. The number of carbonyl (C=O) groups excluding carboxylic acids is 2. The summed E-state index contributed by atoms with van der Waals surface area (Å²) in [5.41, 5.74) is 2.10. The number of nitrogens with zero attached hydrogens (tertiary/aromatic N) is 3. The first-order valence-electron chi connectivity index (χ1n) is 9.86. The van der Waals surface area contributed by atoms with Crippen molar-refractivity contribution in [3.8, 4) is 5.75 Å². The Labute approximate surface area is 179 Å². The molecule has 2 aromatic carbocycles. The number of benzene rings is 2. The summed E-state index contributed by atoms with van der Waals surface area (Å²) in [5, 5.41) is 7.76. The van der Waals surface area contributed by atoms with E-state index in [4.69, 9.17) is 9.57 Å². The summed E-state index contributed by atoms with van der Waals surface area (Å²) in [6, 6.07) is 17.6. The quantitative estimate of drug-likeness (QED) is 0.622. The van der Waals surface area contributed by atoms with Gasteiger partial charge in [0.2, 0.25) is 5.91 Å². The molecular weight excluding hydrogens is 396 g/mol. The first kappa shape index (κ1) is 20.3. The van der Waals surface area contributed by atoms with Crippen molar-refractivity contribution in [2.24, 2.45) is 5.16 Å². The number of carbonyl (C=O) groups is 2. The monoisotopic (exact) mass is 418 g/mol. The summed E-state index contributed by atoms with van der Waals surface area (Å²) in [5.74, 6) is -0.00257. The van der Waals surface area contributed by atoms with Gasteiger partial charge < -0.3 is 19.8 Å². The number of anilines is 1. The molecule has 8 nitrogen and oxygen atoms in total.